The van der Waals surface area contributed by atoms with Gasteiger partial charge in [0.1, 0.15) is 6.04 Å². The van der Waals surface area contributed by atoms with Crippen LogP contribution in [0.3, 0.4) is 0 Å². The van der Waals surface area contributed by atoms with E-state index in [-0.39, 0.29) is 29.8 Å². The van der Waals surface area contributed by atoms with Gasteiger partial charge in [-0.15, -0.1) is 10.2 Å². The van der Waals surface area contributed by atoms with Crippen LogP contribution in [-0.2, 0) is 25.6 Å². The van der Waals surface area contributed by atoms with Crippen LogP contribution in [0, 0.1) is 0 Å². The van der Waals surface area contributed by atoms with E-state index in [9.17, 15) is 39.5 Å². The summed E-state index contributed by atoms with van der Waals surface area (Å²) in [5, 5.41) is 14.5. The van der Waals surface area contributed by atoms with E-state index >= 15 is 0 Å². The number of rotatable bonds is 4. The van der Waals surface area contributed by atoms with Gasteiger partial charge in [-0.05, 0) is 53.6 Å². The van der Waals surface area contributed by atoms with E-state index in [2.05, 4.69) is 20.7 Å². The van der Waals surface area contributed by atoms with E-state index in [0.29, 0.717) is 18.6 Å². The second-order valence-electron chi connectivity index (χ2n) is 8.51. The van der Waals surface area contributed by atoms with Gasteiger partial charge in [-0.3, -0.25) is 0 Å². The first-order valence-electron chi connectivity index (χ1n) is 10.9. The SMILES string of the molecule is CC[C@@H]1CN(C(c2cc(C(F)(F)F)cc(C(F)(F)F)c2)c2nnn(C)n2)c2cc(C(F)(F)F)ccc2N1. The van der Waals surface area contributed by atoms with Gasteiger partial charge in [0, 0.05) is 12.6 Å². The van der Waals surface area contributed by atoms with Gasteiger partial charge in [0.15, 0.2) is 0 Å². The summed E-state index contributed by atoms with van der Waals surface area (Å²) >= 11 is 0. The van der Waals surface area contributed by atoms with Gasteiger partial charge in [-0.2, -0.15) is 44.3 Å². The van der Waals surface area contributed by atoms with Crippen molar-refractivity contribution in [1.29, 1.82) is 0 Å². The van der Waals surface area contributed by atoms with E-state index < -0.39 is 52.9 Å². The third-order valence-electron chi connectivity index (χ3n) is 5.91. The van der Waals surface area contributed by atoms with E-state index in [1.807, 2.05) is 0 Å². The quantitative estimate of drug-likeness (QED) is 0.409. The van der Waals surface area contributed by atoms with Gasteiger partial charge in [0.25, 0.3) is 0 Å². The molecule has 6 nitrogen and oxygen atoms in total. The average molecular weight is 538 g/mol. The van der Waals surface area contributed by atoms with Crippen LogP contribution in [0.25, 0.3) is 0 Å². The van der Waals surface area contributed by atoms with Crippen molar-refractivity contribution < 1.29 is 39.5 Å². The minimum atomic E-state index is -5.13. The lowest BCUT2D eigenvalue weighted by Gasteiger charge is -2.41. The number of anilines is 2. The zero-order valence-electron chi connectivity index (χ0n) is 19.2. The van der Waals surface area contributed by atoms with Crippen LogP contribution in [0.2, 0.25) is 0 Å². The fraction of sp³-hybridized carbons (Fsp3) is 0.409. The fourth-order valence-electron chi connectivity index (χ4n) is 4.16. The van der Waals surface area contributed by atoms with E-state index in [4.69, 9.17) is 0 Å². The molecule has 0 spiro atoms. The number of nitrogens with one attached hydrogen (secondary N) is 1. The van der Waals surface area contributed by atoms with Crippen molar-refractivity contribution in [2.45, 2.75) is 44.0 Å². The summed E-state index contributed by atoms with van der Waals surface area (Å²) in [4.78, 5) is 2.23. The molecule has 1 aliphatic heterocycles. The lowest BCUT2D eigenvalue weighted by molar-refractivity contribution is -0.143. The third kappa shape index (κ3) is 5.44. The molecule has 2 aromatic carbocycles. The number of alkyl halides is 9. The summed E-state index contributed by atoms with van der Waals surface area (Å²) in [6, 6.07) is 1.90. The molecule has 2 atom stereocenters. The van der Waals surface area contributed by atoms with Gasteiger partial charge in [-0.25, -0.2) is 0 Å². The number of tetrazole rings is 1. The first kappa shape index (κ1) is 26.5. The molecule has 2 heterocycles. The molecule has 4 rings (SSSR count). The van der Waals surface area contributed by atoms with Crippen LogP contribution in [0.4, 0.5) is 50.9 Å². The molecule has 37 heavy (non-hydrogen) atoms. The van der Waals surface area contributed by atoms with Crippen molar-refractivity contribution in [2.75, 3.05) is 16.8 Å². The Morgan fingerprint density at radius 2 is 1.49 bits per heavy atom. The molecule has 1 aromatic heterocycles. The molecular weight excluding hydrogens is 519 g/mol. The van der Waals surface area contributed by atoms with Crippen LogP contribution >= 0.6 is 0 Å². The van der Waals surface area contributed by atoms with Gasteiger partial charge in [-0.1, -0.05) is 6.92 Å². The van der Waals surface area contributed by atoms with E-state index in [0.717, 1.165) is 16.9 Å². The Bertz CT molecular complexity index is 1250. The highest BCUT2D eigenvalue weighted by Gasteiger charge is 2.41. The molecule has 0 fully saturated rings. The predicted octanol–water partition coefficient (Wildman–Crippen LogP) is 6.07. The largest absolute Gasteiger partial charge is 0.416 e. The second kappa shape index (κ2) is 9.10. The Kier molecular flexibility index (Phi) is 6.53. The maximum Gasteiger partial charge on any atom is 0.416 e. The topological polar surface area (TPSA) is 58.9 Å². The van der Waals surface area contributed by atoms with Crippen molar-refractivity contribution >= 4 is 11.4 Å². The van der Waals surface area contributed by atoms with Crippen molar-refractivity contribution in [3.63, 3.8) is 0 Å². The summed E-state index contributed by atoms with van der Waals surface area (Å²) in [6.45, 7) is 1.71. The summed E-state index contributed by atoms with van der Waals surface area (Å²) in [5.41, 5.74) is -4.55. The van der Waals surface area contributed by atoms with Crippen LogP contribution in [0.5, 0.6) is 0 Å². The summed E-state index contributed by atoms with van der Waals surface area (Å²) < 4.78 is 122. The predicted molar refractivity (Wildman–Crippen MR) is 114 cm³/mol. The van der Waals surface area contributed by atoms with Crippen LogP contribution in [0.15, 0.2) is 36.4 Å². The highest BCUT2D eigenvalue weighted by molar-refractivity contribution is 5.75. The molecule has 1 unspecified atom stereocenters. The van der Waals surface area contributed by atoms with Crippen LogP contribution < -0.4 is 10.2 Å². The molecule has 200 valence electrons. The molecule has 0 radical (unpaired) electrons. The smallest absolute Gasteiger partial charge is 0.379 e. The summed E-state index contributed by atoms with van der Waals surface area (Å²) in [7, 11) is 1.34. The van der Waals surface area contributed by atoms with Crippen molar-refractivity contribution in [3.05, 3.63) is 64.5 Å². The lowest BCUT2D eigenvalue weighted by atomic mass is 9.95. The Labute approximate surface area is 204 Å². The number of hydrogen-bond donors (Lipinski definition) is 1. The first-order valence-corrected chi connectivity index (χ1v) is 10.9. The van der Waals surface area contributed by atoms with Gasteiger partial charge < -0.3 is 10.2 Å². The Morgan fingerprint density at radius 3 is 1.97 bits per heavy atom. The number of halogens is 9. The van der Waals surface area contributed by atoms with E-state index in [1.165, 1.54) is 18.0 Å². The fourth-order valence-corrected chi connectivity index (χ4v) is 4.16. The Balaban J connectivity index is 1.99. The number of fused-ring (bicyclic) bond motifs is 1. The number of hydrogen-bond acceptors (Lipinski definition) is 5. The molecule has 3 aromatic rings. The lowest BCUT2D eigenvalue weighted by Crippen LogP contribution is -2.44. The number of aryl methyl sites for hydroxylation is 1. The van der Waals surface area contributed by atoms with Gasteiger partial charge in [0.2, 0.25) is 5.82 Å². The van der Waals surface area contributed by atoms with Crippen molar-refractivity contribution in [1.82, 2.24) is 20.2 Å². The van der Waals surface area contributed by atoms with Crippen LogP contribution in [0.1, 0.15) is 47.5 Å². The zero-order valence-corrected chi connectivity index (χ0v) is 19.2. The first-order chi connectivity index (χ1) is 17.1. The molecule has 1 aliphatic rings. The standard InChI is InChI=1S/C22H19F9N6/c1-3-15-10-37(17-9-12(20(23,24)25)4-5-16(17)32-15)18(19-33-35-36(2)34-19)11-6-13(21(26,27)28)8-14(7-11)22(29,30)31/h4-9,15,18,32H,3,10H2,1-2H3/t15-,18?/m1/s1. The van der Waals surface area contributed by atoms with Crippen LogP contribution in [-0.4, -0.2) is 32.8 Å². The van der Waals surface area contributed by atoms with Crippen molar-refractivity contribution in [2.24, 2.45) is 7.05 Å². The zero-order chi connectivity index (χ0) is 27.3. The Hall–Kier alpha value is -3.52. The molecule has 1 N–H and O–H groups in total. The highest BCUT2D eigenvalue weighted by atomic mass is 19.4. The number of benzene rings is 2. The third-order valence-corrected chi connectivity index (χ3v) is 5.91. The minimum Gasteiger partial charge on any atom is -0.379 e. The molecule has 0 amide bonds. The molecule has 0 saturated carbocycles. The second-order valence-corrected chi connectivity index (χ2v) is 8.51. The minimum absolute atomic E-state index is 0.0209. The average Bonchev–Trinajstić information content (AvgIpc) is 3.22. The normalized spacial score (nSPS) is 17.4. The van der Waals surface area contributed by atoms with Crippen molar-refractivity contribution in [3.8, 4) is 0 Å². The molecular formula is C22H19F9N6. The van der Waals surface area contributed by atoms with Gasteiger partial charge >= 0.3 is 18.5 Å². The highest BCUT2D eigenvalue weighted by Crippen LogP contribution is 2.44. The number of nitrogens with zero attached hydrogens (tertiary/aromatic N) is 5. The monoisotopic (exact) mass is 538 g/mol. The molecule has 0 aliphatic carbocycles. The molecule has 15 heteroatoms. The molecule has 0 bridgehead atoms. The maximum absolute atomic E-state index is 13.6. The van der Waals surface area contributed by atoms with E-state index in [1.54, 1.807) is 6.92 Å². The maximum atomic E-state index is 13.6. The summed E-state index contributed by atoms with van der Waals surface area (Å²) in [6.07, 6.45) is -14.6. The van der Waals surface area contributed by atoms with Gasteiger partial charge in [0.05, 0.1) is 35.1 Å². The number of aromatic nitrogens is 4. The molecule has 0 saturated heterocycles. The summed E-state index contributed by atoms with van der Waals surface area (Å²) in [5.74, 6) is -0.282. The Morgan fingerprint density at radius 1 is 0.892 bits per heavy atom.